The first-order valence-electron chi connectivity index (χ1n) is 9.82. The van der Waals surface area contributed by atoms with Crippen LogP contribution in [0.25, 0.3) is 0 Å². The van der Waals surface area contributed by atoms with Crippen LogP contribution in [-0.4, -0.2) is 70.9 Å². The van der Waals surface area contributed by atoms with Crippen molar-refractivity contribution in [3.8, 4) is 0 Å². The molecule has 1 fully saturated rings. The Balaban J connectivity index is 0.00000729. The SMILES string of the molecule is CCNC(=NCC(C)(C)CCS(C)(=O)=O)NCC1(C(=O)N(C)C)CCCC1.I. The smallest absolute Gasteiger partial charge is 0.230 e. The van der Waals surface area contributed by atoms with E-state index in [4.69, 9.17) is 0 Å². The van der Waals surface area contributed by atoms with Crippen LogP contribution in [0.3, 0.4) is 0 Å². The van der Waals surface area contributed by atoms with Gasteiger partial charge in [0, 0.05) is 40.0 Å². The van der Waals surface area contributed by atoms with Gasteiger partial charge in [-0.3, -0.25) is 9.79 Å². The molecule has 0 atom stereocenters. The van der Waals surface area contributed by atoms with Crippen LogP contribution in [0, 0.1) is 10.8 Å². The third-order valence-electron chi connectivity index (χ3n) is 5.17. The Bertz CT molecular complexity index is 627. The van der Waals surface area contributed by atoms with Crippen LogP contribution in [-0.2, 0) is 14.6 Å². The molecular weight excluding hydrogens is 491 g/mol. The topological polar surface area (TPSA) is 90.9 Å². The molecule has 0 spiro atoms. The molecule has 0 saturated heterocycles. The Morgan fingerprint density at radius 1 is 1.18 bits per heavy atom. The molecule has 0 heterocycles. The zero-order valence-electron chi connectivity index (χ0n) is 18.3. The van der Waals surface area contributed by atoms with Crippen LogP contribution in [0.4, 0.5) is 0 Å². The van der Waals surface area contributed by atoms with Crippen molar-refractivity contribution in [3.05, 3.63) is 0 Å². The molecule has 0 bridgehead atoms. The molecule has 7 nitrogen and oxygen atoms in total. The van der Waals surface area contributed by atoms with Crippen molar-refractivity contribution in [2.24, 2.45) is 15.8 Å². The molecule has 0 aliphatic heterocycles. The van der Waals surface area contributed by atoms with Gasteiger partial charge < -0.3 is 15.5 Å². The molecule has 2 N–H and O–H groups in total. The molecule has 0 aromatic rings. The molecule has 28 heavy (non-hydrogen) atoms. The Kier molecular flexibility index (Phi) is 11.3. The van der Waals surface area contributed by atoms with E-state index >= 15 is 0 Å². The number of carbonyl (C=O) groups excluding carboxylic acids is 1. The average molecular weight is 531 g/mol. The molecule has 1 aliphatic rings. The fourth-order valence-electron chi connectivity index (χ4n) is 3.42. The van der Waals surface area contributed by atoms with Gasteiger partial charge in [-0.25, -0.2) is 8.42 Å². The Morgan fingerprint density at radius 2 is 1.75 bits per heavy atom. The van der Waals surface area contributed by atoms with Gasteiger partial charge in [0.1, 0.15) is 9.84 Å². The lowest BCUT2D eigenvalue weighted by Gasteiger charge is -2.31. The van der Waals surface area contributed by atoms with E-state index < -0.39 is 9.84 Å². The lowest BCUT2D eigenvalue weighted by Crippen LogP contribution is -2.49. The predicted molar refractivity (Wildman–Crippen MR) is 127 cm³/mol. The summed E-state index contributed by atoms with van der Waals surface area (Å²) in [6.07, 6.45) is 5.78. The van der Waals surface area contributed by atoms with E-state index in [1.54, 1.807) is 4.90 Å². The van der Waals surface area contributed by atoms with Crippen LogP contribution in [0.2, 0.25) is 0 Å². The third-order valence-corrected chi connectivity index (χ3v) is 6.12. The van der Waals surface area contributed by atoms with Crippen molar-refractivity contribution >= 4 is 45.7 Å². The van der Waals surface area contributed by atoms with Crippen LogP contribution < -0.4 is 10.6 Å². The fourth-order valence-corrected chi connectivity index (χ4v) is 4.34. The number of amides is 1. The van der Waals surface area contributed by atoms with E-state index in [-0.39, 0.29) is 46.5 Å². The van der Waals surface area contributed by atoms with Gasteiger partial charge in [-0.1, -0.05) is 26.7 Å². The first kappa shape index (κ1) is 27.4. The number of nitrogens with zero attached hydrogens (tertiary/aromatic N) is 2. The van der Waals surface area contributed by atoms with Gasteiger partial charge in [0.15, 0.2) is 5.96 Å². The number of hydrogen-bond donors (Lipinski definition) is 2. The largest absolute Gasteiger partial charge is 0.357 e. The van der Waals surface area contributed by atoms with Gasteiger partial charge in [0.2, 0.25) is 5.91 Å². The molecule has 9 heteroatoms. The molecule has 1 aliphatic carbocycles. The Labute approximate surface area is 188 Å². The number of rotatable bonds is 9. The van der Waals surface area contributed by atoms with Crippen molar-refractivity contribution in [1.29, 1.82) is 0 Å². The van der Waals surface area contributed by atoms with Crippen molar-refractivity contribution in [3.63, 3.8) is 0 Å². The number of halogens is 1. The first-order valence-corrected chi connectivity index (χ1v) is 11.9. The lowest BCUT2D eigenvalue weighted by atomic mass is 9.84. The average Bonchev–Trinajstić information content (AvgIpc) is 3.04. The summed E-state index contributed by atoms with van der Waals surface area (Å²) in [5, 5.41) is 6.59. The fraction of sp³-hybridized carbons (Fsp3) is 0.895. The summed E-state index contributed by atoms with van der Waals surface area (Å²) in [5.41, 5.74) is -0.568. The molecule has 1 rings (SSSR count). The standard InChI is InChI=1S/C19H38N4O3S.HI/c1-7-20-17(21-14-18(2,3)12-13-27(6,25)26)22-15-19(10-8-9-11-19)16(24)23(4)5;/h7-15H2,1-6H3,(H2,20,21,22);1H. The third kappa shape index (κ3) is 9.28. The predicted octanol–water partition coefficient (Wildman–Crippen LogP) is 2.27. The highest BCUT2D eigenvalue weighted by Gasteiger charge is 2.42. The number of hydrogen-bond acceptors (Lipinski definition) is 4. The summed E-state index contributed by atoms with van der Waals surface area (Å²) in [6, 6.07) is 0. The molecule has 0 aromatic carbocycles. The van der Waals surface area contributed by atoms with E-state index in [0.29, 0.717) is 25.5 Å². The second kappa shape index (κ2) is 11.6. The van der Waals surface area contributed by atoms with Gasteiger partial charge in [0.05, 0.1) is 11.2 Å². The minimum absolute atomic E-state index is 0. The normalized spacial score (nSPS) is 17.0. The highest BCUT2D eigenvalue weighted by molar-refractivity contribution is 14.0. The molecule has 166 valence electrons. The molecular formula is C19H39IN4O3S. The van der Waals surface area contributed by atoms with E-state index in [0.717, 1.165) is 32.2 Å². The highest BCUT2D eigenvalue weighted by Crippen LogP contribution is 2.38. The van der Waals surface area contributed by atoms with Gasteiger partial charge in [-0.2, -0.15) is 0 Å². The summed E-state index contributed by atoms with van der Waals surface area (Å²) in [7, 11) is 0.648. The second-order valence-corrected chi connectivity index (χ2v) is 11.0. The van der Waals surface area contributed by atoms with E-state index in [9.17, 15) is 13.2 Å². The van der Waals surface area contributed by atoms with Crippen LogP contribution in [0.15, 0.2) is 4.99 Å². The monoisotopic (exact) mass is 530 g/mol. The van der Waals surface area contributed by atoms with Gasteiger partial charge in [-0.15, -0.1) is 24.0 Å². The van der Waals surface area contributed by atoms with E-state index in [1.807, 2.05) is 34.9 Å². The van der Waals surface area contributed by atoms with Crippen molar-refractivity contribution < 1.29 is 13.2 Å². The van der Waals surface area contributed by atoms with Gasteiger partial charge in [0.25, 0.3) is 0 Å². The maximum atomic E-state index is 12.7. The van der Waals surface area contributed by atoms with E-state index in [2.05, 4.69) is 15.6 Å². The van der Waals surface area contributed by atoms with E-state index in [1.165, 1.54) is 6.26 Å². The van der Waals surface area contributed by atoms with Gasteiger partial charge >= 0.3 is 0 Å². The number of aliphatic imine (C=N–C) groups is 1. The van der Waals surface area contributed by atoms with Crippen LogP contribution >= 0.6 is 24.0 Å². The molecule has 0 radical (unpaired) electrons. The first-order chi connectivity index (χ1) is 12.4. The number of sulfone groups is 1. The lowest BCUT2D eigenvalue weighted by molar-refractivity contribution is -0.138. The number of nitrogens with one attached hydrogen (secondary N) is 2. The Hall–Kier alpha value is -0.580. The summed E-state index contributed by atoms with van der Waals surface area (Å²) in [4.78, 5) is 19.0. The zero-order chi connectivity index (χ0) is 20.7. The summed E-state index contributed by atoms with van der Waals surface area (Å²) in [6.45, 7) is 7.87. The van der Waals surface area contributed by atoms with Crippen LogP contribution in [0.5, 0.6) is 0 Å². The van der Waals surface area contributed by atoms with Crippen LogP contribution in [0.1, 0.15) is 52.9 Å². The number of guanidine groups is 1. The van der Waals surface area contributed by atoms with Crippen molar-refractivity contribution in [1.82, 2.24) is 15.5 Å². The maximum absolute atomic E-state index is 12.7. The molecule has 0 unspecified atom stereocenters. The molecule has 1 saturated carbocycles. The minimum Gasteiger partial charge on any atom is -0.357 e. The second-order valence-electron chi connectivity index (χ2n) is 8.78. The van der Waals surface area contributed by atoms with Crippen molar-refractivity contribution in [2.75, 3.05) is 45.7 Å². The number of carbonyl (C=O) groups is 1. The Morgan fingerprint density at radius 3 is 2.21 bits per heavy atom. The quantitative estimate of drug-likeness (QED) is 0.271. The maximum Gasteiger partial charge on any atom is 0.230 e. The zero-order valence-corrected chi connectivity index (χ0v) is 21.4. The summed E-state index contributed by atoms with van der Waals surface area (Å²) < 4.78 is 22.9. The minimum atomic E-state index is -2.98. The van der Waals surface area contributed by atoms with Gasteiger partial charge in [-0.05, 0) is 31.6 Å². The van der Waals surface area contributed by atoms with Crippen molar-refractivity contribution in [2.45, 2.75) is 52.9 Å². The molecule has 1 amide bonds. The summed E-state index contributed by atoms with van der Waals surface area (Å²) >= 11 is 0. The molecule has 0 aromatic heterocycles. The summed E-state index contributed by atoms with van der Waals surface area (Å²) in [5.74, 6) is 1.03. The highest BCUT2D eigenvalue weighted by atomic mass is 127.